The third kappa shape index (κ3) is 5.17. The number of aromatic nitrogens is 4. The normalized spacial score (nSPS) is 16.8. The molecule has 3 aromatic heterocycles. The number of hydrogen-bond acceptors (Lipinski definition) is 9. The Morgan fingerprint density at radius 3 is 2.44 bits per heavy atom. The van der Waals surface area contributed by atoms with Crippen molar-refractivity contribution >= 4 is 32.3 Å². The number of rotatable bonds is 9. The van der Waals surface area contributed by atoms with E-state index in [-0.39, 0.29) is 22.0 Å². The SMILES string of the molecule is COCC1CCN(c2cc(C(=O)CS(=O)(=O)c3c(C)noc3C)nc3c2c(C2CCC2)nn3-c2ccccc2)CC1. The van der Waals surface area contributed by atoms with Crippen LogP contribution in [0.1, 0.15) is 65.7 Å². The van der Waals surface area contributed by atoms with Gasteiger partial charge in [-0.25, -0.2) is 18.1 Å². The number of sulfone groups is 1. The van der Waals surface area contributed by atoms with E-state index < -0.39 is 21.4 Å². The molecule has 0 radical (unpaired) electrons. The smallest absolute Gasteiger partial charge is 0.196 e. The van der Waals surface area contributed by atoms with Gasteiger partial charge in [0.1, 0.15) is 16.3 Å². The number of anilines is 1. The third-order valence-electron chi connectivity index (χ3n) is 8.38. The summed E-state index contributed by atoms with van der Waals surface area (Å²) in [6, 6.07) is 11.5. The molecule has 6 rings (SSSR count). The summed E-state index contributed by atoms with van der Waals surface area (Å²) in [7, 11) is -2.26. The van der Waals surface area contributed by atoms with E-state index >= 15 is 0 Å². The van der Waals surface area contributed by atoms with Crippen LogP contribution in [0.15, 0.2) is 45.8 Å². The number of benzene rings is 1. The number of ketones is 1. The summed E-state index contributed by atoms with van der Waals surface area (Å²) in [5.74, 6) is -0.318. The van der Waals surface area contributed by atoms with Crippen molar-refractivity contribution in [1.82, 2.24) is 19.9 Å². The Labute approximate surface area is 239 Å². The molecule has 1 aliphatic heterocycles. The van der Waals surface area contributed by atoms with Crippen LogP contribution in [0.5, 0.6) is 0 Å². The van der Waals surface area contributed by atoms with Crippen LogP contribution in [0.3, 0.4) is 0 Å². The lowest BCUT2D eigenvalue weighted by Crippen LogP contribution is -2.35. The summed E-state index contributed by atoms with van der Waals surface area (Å²) in [5, 5.41) is 9.80. The largest absolute Gasteiger partial charge is 0.384 e. The minimum atomic E-state index is -3.99. The Balaban J connectivity index is 1.48. The molecule has 0 amide bonds. The Bertz CT molecular complexity index is 1660. The van der Waals surface area contributed by atoms with Crippen LogP contribution in [0.2, 0.25) is 0 Å². The molecule has 0 bridgehead atoms. The highest BCUT2D eigenvalue weighted by molar-refractivity contribution is 7.92. The molecule has 41 heavy (non-hydrogen) atoms. The van der Waals surface area contributed by atoms with Crippen molar-refractivity contribution in [2.45, 2.75) is 56.8 Å². The van der Waals surface area contributed by atoms with E-state index in [9.17, 15) is 13.2 Å². The number of aryl methyl sites for hydroxylation is 2. The third-order valence-corrected chi connectivity index (χ3v) is 10.2. The van der Waals surface area contributed by atoms with Crippen LogP contribution < -0.4 is 4.90 Å². The van der Waals surface area contributed by atoms with Gasteiger partial charge in [-0.2, -0.15) is 5.10 Å². The van der Waals surface area contributed by atoms with Crippen molar-refractivity contribution < 1.29 is 22.5 Å². The zero-order chi connectivity index (χ0) is 28.7. The number of carbonyl (C=O) groups excluding carboxylic acids is 1. The molecule has 1 aliphatic carbocycles. The Morgan fingerprint density at radius 1 is 1.10 bits per heavy atom. The Morgan fingerprint density at radius 2 is 1.83 bits per heavy atom. The summed E-state index contributed by atoms with van der Waals surface area (Å²) < 4.78 is 38.9. The van der Waals surface area contributed by atoms with Gasteiger partial charge in [-0.3, -0.25) is 4.79 Å². The minimum absolute atomic E-state index is 0.0334. The van der Waals surface area contributed by atoms with Crippen LogP contribution >= 0.6 is 0 Å². The van der Waals surface area contributed by atoms with Gasteiger partial charge in [-0.1, -0.05) is 29.8 Å². The zero-order valence-corrected chi connectivity index (χ0v) is 24.5. The van der Waals surface area contributed by atoms with Gasteiger partial charge in [0, 0.05) is 32.7 Å². The molecular formula is C30H35N5O5S. The van der Waals surface area contributed by atoms with Crippen molar-refractivity contribution in [3.05, 3.63) is 59.2 Å². The van der Waals surface area contributed by atoms with Gasteiger partial charge >= 0.3 is 0 Å². The summed E-state index contributed by atoms with van der Waals surface area (Å²) in [5.41, 5.74) is 3.66. The Kier molecular flexibility index (Phi) is 7.41. The standard InChI is InChI=1S/C30H35N5O5S/c1-19-29(20(2)40-33-19)41(37,38)18-26(36)24-16-25(34-14-12-21(13-15-34)17-39-3)27-28(22-8-7-9-22)32-35(30(27)31-24)23-10-5-4-6-11-23/h4-6,10-11,16,21-22H,7-9,12-15,17-18H2,1-3H3. The van der Waals surface area contributed by atoms with Gasteiger partial charge in [0.25, 0.3) is 0 Å². The summed E-state index contributed by atoms with van der Waals surface area (Å²) in [6.07, 6.45) is 5.21. The lowest BCUT2D eigenvalue weighted by molar-refractivity contribution is 0.101. The van der Waals surface area contributed by atoms with E-state index in [1.807, 2.05) is 35.0 Å². The molecule has 1 saturated carbocycles. The van der Waals surface area contributed by atoms with E-state index in [1.54, 1.807) is 20.1 Å². The summed E-state index contributed by atoms with van der Waals surface area (Å²) >= 11 is 0. The van der Waals surface area contributed by atoms with Crippen molar-refractivity contribution in [2.75, 3.05) is 37.5 Å². The monoisotopic (exact) mass is 577 g/mol. The highest BCUT2D eigenvalue weighted by Gasteiger charge is 2.33. The van der Waals surface area contributed by atoms with Crippen molar-refractivity contribution in [2.24, 2.45) is 5.92 Å². The zero-order valence-electron chi connectivity index (χ0n) is 23.7. The molecule has 1 saturated heterocycles. The van der Waals surface area contributed by atoms with E-state index in [4.69, 9.17) is 19.3 Å². The number of carbonyl (C=O) groups is 1. The van der Waals surface area contributed by atoms with Gasteiger partial charge in [-0.15, -0.1) is 0 Å². The van der Waals surface area contributed by atoms with Crippen LogP contribution in [0.4, 0.5) is 5.69 Å². The molecule has 4 aromatic rings. The fourth-order valence-electron chi connectivity index (χ4n) is 6.05. The number of nitrogens with zero attached hydrogens (tertiary/aromatic N) is 5. The number of ether oxygens (including phenoxy) is 1. The lowest BCUT2D eigenvalue weighted by Gasteiger charge is -2.34. The maximum atomic E-state index is 13.7. The predicted molar refractivity (Wildman–Crippen MR) is 155 cm³/mol. The predicted octanol–water partition coefficient (Wildman–Crippen LogP) is 4.81. The van der Waals surface area contributed by atoms with Gasteiger partial charge in [-0.05, 0) is 63.6 Å². The molecule has 11 heteroatoms. The topological polar surface area (TPSA) is 120 Å². The fraction of sp³-hybridized carbons (Fsp3) is 0.467. The second-order valence-corrected chi connectivity index (χ2v) is 13.1. The molecule has 0 atom stereocenters. The number of pyridine rings is 1. The highest BCUT2D eigenvalue weighted by Crippen LogP contribution is 2.43. The second-order valence-electron chi connectivity index (χ2n) is 11.2. The number of Topliss-reactive ketones (excluding diaryl/α,β-unsaturated/α-hetero) is 1. The highest BCUT2D eigenvalue weighted by atomic mass is 32.2. The van der Waals surface area contributed by atoms with E-state index in [1.165, 1.54) is 6.92 Å². The van der Waals surface area contributed by atoms with E-state index in [0.29, 0.717) is 17.5 Å². The summed E-state index contributed by atoms with van der Waals surface area (Å²) in [6.45, 7) is 5.43. The molecule has 1 aromatic carbocycles. The fourth-order valence-corrected chi connectivity index (χ4v) is 7.65. The Hall–Kier alpha value is -3.57. The van der Waals surface area contributed by atoms with Crippen molar-refractivity contribution in [3.63, 3.8) is 0 Å². The average molecular weight is 578 g/mol. The van der Waals surface area contributed by atoms with Gasteiger partial charge in [0.05, 0.1) is 28.1 Å². The van der Waals surface area contributed by atoms with Crippen LogP contribution in [0, 0.1) is 19.8 Å². The van der Waals surface area contributed by atoms with Crippen LogP contribution in [0.25, 0.3) is 16.7 Å². The molecule has 0 spiro atoms. The number of para-hydroxylation sites is 1. The van der Waals surface area contributed by atoms with Gasteiger partial charge in [0.15, 0.2) is 27.0 Å². The van der Waals surface area contributed by atoms with Crippen LogP contribution in [-0.2, 0) is 14.6 Å². The van der Waals surface area contributed by atoms with E-state index in [2.05, 4.69) is 10.1 Å². The van der Waals surface area contributed by atoms with Crippen molar-refractivity contribution in [1.29, 1.82) is 0 Å². The van der Waals surface area contributed by atoms with Crippen LogP contribution in [-0.4, -0.2) is 66.7 Å². The molecular weight excluding hydrogens is 542 g/mol. The first-order valence-corrected chi connectivity index (χ1v) is 15.8. The maximum Gasteiger partial charge on any atom is 0.196 e. The first-order valence-electron chi connectivity index (χ1n) is 14.2. The molecule has 2 fully saturated rings. The molecule has 0 N–H and O–H groups in total. The first-order chi connectivity index (χ1) is 19.8. The molecule has 0 unspecified atom stereocenters. The lowest BCUT2D eigenvalue weighted by atomic mass is 9.81. The molecule has 216 valence electrons. The minimum Gasteiger partial charge on any atom is -0.384 e. The first kappa shape index (κ1) is 27.6. The summed E-state index contributed by atoms with van der Waals surface area (Å²) in [4.78, 5) is 20.8. The van der Waals surface area contributed by atoms with E-state index in [0.717, 1.165) is 74.3 Å². The number of methoxy groups -OCH3 is 1. The maximum absolute atomic E-state index is 13.7. The second kappa shape index (κ2) is 11.0. The molecule has 10 nitrogen and oxygen atoms in total. The molecule has 2 aliphatic rings. The molecule has 4 heterocycles. The number of hydrogen-bond donors (Lipinski definition) is 0. The number of fused-ring (bicyclic) bond motifs is 1. The van der Waals surface area contributed by atoms with Gasteiger partial charge in [0.2, 0.25) is 0 Å². The number of piperidine rings is 1. The quantitative estimate of drug-likeness (QED) is 0.258. The van der Waals surface area contributed by atoms with Crippen molar-refractivity contribution in [3.8, 4) is 5.69 Å². The average Bonchev–Trinajstić information content (AvgIpc) is 3.48. The van der Waals surface area contributed by atoms with Gasteiger partial charge < -0.3 is 14.2 Å².